The lowest BCUT2D eigenvalue weighted by Crippen LogP contribution is -2.29. The van der Waals surface area contributed by atoms with Crippen LogP contribution < -0.4 is 4.74 Å². The predicted molar refractivity (Wildman–Crippen MR) is 142 cm³/mol. The van der Waals surface area contributed by atoms with Crippen LogP contribution in [0.4, 0.5) is 13.2 Å². The quantitative estimate of drug-likeness (QED) is 0.218. The van der Waals surface area contributed by atoms with Crippen LogP contribution in [-0.2, 0) is 27.7 Å². The monoisotopic (exact) mass is 537 g/mol. The van der Waals surface area contributed by atoms with E-state index in [0.717, 1.165) is 17.7 Å². The van der Waals surface area contributed by atoms with Gasteiger partial charge in [-0.3, -0.25) is 9.59 Å². The molecule has 0 radical (unpaired) electrons. The molecule has 0 aromatic heterocycles. The van der Waals surface area contributed by atoms with Gasteiger partial charge in [0.2, 0.25) is 0 Å². The molecule has 4 rings (SSSR count). The van der Waals surface area contributed by atoms with E-state index in [1.165, 1.54) is 24.1 Å². The molecule has 204 valence electrons. The first kappa shape index (κ1) is 28.0. The van der Waals surface area contributed by atoms with Crippen molar-refractivity contribution in [2.24, 2.45) is 0 Å². The number of methoxy groups -OCH3 is 1. The van der Waals surface area contributed by atoms with Gasteiger partial charge in [-0.1, -0.05) is 57.2 Å². The topological polar surface area (TPSA) is 66.8 Å². The lowest BCUT2D eigenvalue weighted by molar-refractivity contribution is -0.140. The smallest absolute Gasteiger partial charge is 0.416 e. The van der Waals surface area contributed by atoms with E-state index in [-0.39, 0.29) is 28.9 Å². The molecule has 5 nitrogen and oxygen atoms in total. The van der Waals surface area contributed by atoms with Gasteiger partial charge >= 0.3 is 6.18 Å². The Morgan fingerprint density at radius 3 is 2.28 bits per heavy atom. The van der Waals surface area contributed by atoms with E-state index in [9.17, 15) is 27.9 Å². The number of carbonyl (C=O) groups is 2. The second-order valence-electron chi connectivity index (χ2n) is 10.7. The summed E-state index contributed by atoms with van der Waals surface area (Å²) in [4.78, 5) is 28.0. The number of aliphatic hydroxyl groups excluding tert-OH is 1. The Morgan fingerprint density at radius 1 is 0.949 bits per heavy atom. The van der Waals surface area contributed by atoms with Gasteiger partial charge in [0.05, 0.1) is 24.3 Å². The Balaban J connectivity index is 1.91. The summed E-state index contributed by atoms with van der Waals surface area (Å²) < 4.78 is 45.4. The SMILES string of the molecule is COc1cccc(C2/C(=C(\O)c3cc(C(C)(C)C)ccc3C)C(=O)C(=O)N2Cc2cccc(C(F)(F)F)c2)c1. The van der Waals surface area contributed by atoms with Crippen LogP contribution in [0.25, 0.3) is 5.76 Å². The number of alkyl halides is 3. The molecule has 1 saturated heterocycles. The van der Waals surface area contributed by atoms with Crippen LogP contribution in [0.3, 0.4) is 0 Å². The second-order valence-corrected chi connectivity index (χ2v) is 10.7. The molecule has 1 aliphatic heterocycles. The number of carbonyl (C=O) groups excluding carboxylic acids is 2. The van der Waals surface area contributed by atoms with Gasteiger partial charge in [-0.2, -0.15) is 13.2 Å². The first-order chi connectivity index (χ1) is 18.2. The summed E-state index contributed by atoms with van der Waals surface area (Å²) in [5, 5.41) is 11.6. The van der Waals surface area contributed by atoms with E-state index in [4.69, 9.17) is 4.74 Å². The number of halogens is 3. The van der Waals surface area contributed by atoms with Gasteiger partial charge in [-0.25, -0.2) is 0 Å². The van der Waals surface area contributed by atoms with E-state index < -0.39 is 29.5 Å². The number of hydrogen-bond acceptors (Lipinski definition) is 4. The van der Waals surface area contributed by atoms with E-state index in [1.807, 2.05) is 32.9 Å². The molecule has 8 heteroatoms. The Kier molecular flexibility index (Phi) is 7.34. The van der Waals surface area contributed by atoms with Crippen LogP contribution >= 0.6 is 0 Å². The van der Waals surface area contributed by atoms with Crippen LogP contribution in [0.2, 0.25) is 0 Å². The van der Waals surface area contributed by atoms with E-state index in [1.54, 1.807) is 37.3 Å². The number of likely N-dealkylation sites (tertiary alicyclic amines) is 1. The van der Waals surface area contributed by atoms with Crippen LogP contribution in [-0.4, -0.2) is 28.8 Å². The molecule has 1 N–H and O–H groups in total. The zero-order valence-corrected chi connectivity index (χ0v) is 22.4. The van der Waals surface area contributed by atoms with E-state index >= 15 is 0 Å². The third-order valence-corrected chi connectivity index (χ3v) is 6.92. The van der Waals surface area contributed by atoms with Gasteiger partial charge in [0.25, 0.3) is 11.7 Å². The number of Topliss-reactive ketones (excluding diaryl/α,β-unsaturated/α-hetero) is 1. The summed E-state index contributed by atoms with van der Waals surface area (Å²) in [5.41, 5.74) is 1.48. The van der Waals surface area contributed by atoms with Crippen molar-refractivity contribution >= 4 is 17.4 Å². The molecule has 1 atom stereocenters. The molecule has 1 aliphatic rings. The number of ether oxygens (including phenoxy) is 1. The third-order valence-electron chi connectivity index (χ3n) is 6.92. The maximum absolute atomic E-state index is 13.5. The summed E-state index contributed by atoms with van der Waals surface area (Å²) in [7, 11) is 1.47. The third kappa shape index (κ3) is 5.55. The Bertz CT molecular complexity index is 1470. The highest BCUT2D eigenvalue weighted by atomic mass is 19.4. The van der Waals surface area contributed by atoms with Gasteiger partial charge in [0, 0.05) is 12.1 Å². The van der Waals surface area contributed by atoms with E-state index in [2.05, 4.69) is 0 Å². The molecule has 1 heterocycles. The van der Waals surface area contributed by atoms with Crippen LogP contribution in [0.1, 0.15) is 60.2 Å². The lowest BCUT2D eigenvalue weighted by atomic mass is 9.84. The number of aryl methyl sites for hydroxylation is 1. The van der Waals surface area contributed by atoms with Crippen molar-refractivity contribution < 1.29 is 32.6 Å². The largest absolute Gasteiger partial charge is 0.507 e. The van der Waals surface area contributed by atoms with Crippen molar-refractivity contribution in [1.29, 1.82) is 0 Å². The minimum Gasteiger partial charge on any atom is -0.507 e. The van der Waals surface area contributed by atoms with Crippen LogP contribution in [0, 0.1) is 6.92 Å². The second kappa shape index (κ2) is 10.2. The molecule has 0 aliphatic carbocycles. The molecule has 0 saturated carbocycles. The number of ketones is 1. The van der Waals surface area contributed by atoms with Gasteiger partial charge in [-0.05, 0) is 64.9 Å². The lowest BCUT2D eigenvalue weighted by Gasteiger charge is -2.26. The molecule has 1 fully saturated rings. The number of nitrogens with zero attached hydrogens (tertiary/aromatic N) is 1. The fourth-order valence-electron chi connectivity index (χ4n) is 4.73. The van der Waals surface area contributed by atoms with Gasteiger partial charge < -0.3 is 14.7 Å². The Hall–Kier alpha value is -4.07. The average molecular weight is 538 g/mol. The zero-order chi connectivity index (χ0) is 28.7. The Labute approximate surface area is 225 Å². The number of benzene rings is 3. The first-order valence-electron chi connectivity index (χ1n) is 12.4. The van der Waals surface area contributed by atoms with Crippen molar-refractivity contribution in [2.45, 2.75) is 51.9 Å². The fraction of sp³-hybridized carbons (Fsp3) is 0.290. The zero-order valence-electron chi connectivity index (χ0n) is 22.4. The molecule has 39 heavy (non-hydrogen) atoms. The normalized spacial score (nSPS) is 17.5. The Morgan fingerprint density at radius 2 is 1.64 bits per heavy atom. The summed E-state index contributed by atoms with van der Waals surface area (Å²) in [6.07, 6.45) is -4.56. The maximum Gasteiger partial charge on any atom is 0.416 e. The molecular weight excluding hydrogens is 507 g/mol. The summed E-state index contributed by atoms with van der Waals surface area (Å²) in [6.45, 7) is 7.58. The van der Waals surface area contributed by atoms with Crippen molar-refractivity contribution in [2.75, 3.05) is 7.11 Å². The number of rotatable bonds is 5. The first-order valence-corrected chi connectivity index (χ1v) is 12.4. The fourth-order valence-corrected chi connectivity index (χ4v) is 4.73. The van der Waals surface area contributed by atoms with E-state index in [0.29, 0.717) is 22.4 Å². The molecule has 0 spiro atoms. The molecule has 3 aromatic rings. The highest BCUT2D eigenvalue weighted by molar-refractivity contribution is 6.46. The minimum absolute atomic E-state index is 0.130. The van der Waals surface area contributed by atoms with Crippen LogP contribution in [0.5, 0.6) is 5.75 Å². The molecule has 3 aromatic carbocycles. The minimum atomic E-state index is -4.56. The summed E-state index contributed by atoms with van der Waals surface area (Å²) in [5.74, 6) is -1.70. The van der Waals surface area contributed by atoms with Gasteiger partial charge in [-0.15, -0.1) is 0 Å². The van der Waals surface area contributed by atoms with Crippen molar-refractivity contribution in [1.82, 2.24) is 4.90 Å². The highest BCUT2D eigenvalue weighted by Gasteiger charge is 2.46. The maximum atomic E-state index is 13.5. The molecule has 1 amide bonds. The summed E-state index contributed by atoms with van der Waals surface area (Å²) >= 11 is 0. The number of amides is 1. The standard InChI is InChI=1S/C31H30F3NO4/c1-18-12-13-21(30(2,3)4)16-24(18)27(36)25-26(20-9-7-11-23(15-20)39-5)35(29(38)28(25)37)17-19-8-6-10-22(14-19)31(32,33)34/h6-16,26,36H,17H2,1-5H3/b27-25+. The van der Waals surface area contributed by atoms with Crippen molar-refractivity contribution in [3.05, 3.63) is 106 Å². The molecule has 0 bridgehead atoms. The predicted octanol–water partition coefficient (Wildman–Crippen LogP) is 6.94. The highest BCUT2D eigenvalue weighted by Crippen LogP contribution is 2.42. The molecular formula is C31H30F3NO4. The molecule has 1 unspecified atom stereocenters. The average Bonchev–Trinajstić information content (AvgIpc) is 3.12. The summed E-state index contributed by atoms with van der Waals surface area (Å²) in [6, 6.07) is 15.9. The van der Waals surface area contributed by atoms with Gasteiger partial charge in [0.1, 0.15) is 11.5 Å². The van der Waals surface area contributed by atoms with Crippen molar-refractivity contribution in [3.63, 3.8) is 0 Å². The number of hydrogen-bond donors (Lipinski definition) is 1. The van der Waals surface area contributed by atoms with Crippen molar-refractivity contribution in [3.8, 4) is 5.75 Å². The van der Waals surface area contributed by atoms with Gasteiger partial charge in [0.15, 0.2) is 0 Å². The van der Waals surface area contributed by atoms with Crippen LogP contribution in [0.15, 0.2) is 72.3 Å². The number of aliphatic hydroxyl groups is 1.